The average Bonchev–Trinajstić information content (AvgIpc) is 3.66. The topological polar surface area (TPSA) is 72.7 Å². The molecule has 5 heteroatoms. The van der Waals surface area contributed by atoms with E-state index in [0.29, 0.717) is 12.3 Å². The number of benzene rings is 4. The number of nitrogens with one attached hydrogen (secondary N) is 4. The summed E-state index contributed by atoms with van der Waals surface area (Å²) in [5.41, 5.74) is 7.42. The van der Waals surface area contributed by atoms with E-state index >= 15 is 0 Å². The second-order valence-electron chi connectivity index (χ2n) is 10.3. The molecule has 0 spiro atoms. The molecule has 0 aliphatic carbocycles. The minimum absolute atomic E-state index is 0.0501. The van der Waals surface area contributed by atoms with Crippen LogP contribution in [-0.4, -0.2) is 36.5 Å². The Bertz CT molecular complexity index is 1670. The minimum atomic E-state index is 0.0501. The fraction of sp³-hybridized carbons (Fsp3) is 0.194. The standard InChI is InChI=1S/C18H18N2O.C18H20N2/c1-19-18(21)11-15(13-7-3-2-4-8-13)16-12-20-17-10-6-5-9-14(16)17;1-19-12-11-15(14-7-3-2-4-8-14)17-13-20-18-10-6-5-9-16(17)18/h2-10,12,15,20H,11H2,1H3,(H,19,21);2-10,13,15,19-20H,11-12H2,1H3. The molecule has 0 radical (unpaired) electrons. The van der Waals surface area contributed by atoms with E-state index in [0.717, 1.165) is 24.0 Å². The summed E-state index contributed by atoms with van der Waals surface area (Å²) in [6, 6.07) is 37.7. The van der Waals surface area contributed by atoms with Crippen molar-refractivity contribution in [1.82, 2.24) is 20.6 Å². The van der Waals surface area contributed by atoms with Gasteiger partial charge < -0.3 is 20.6 Å². The van der Waals surface area contributed by atoms with Crippen molar-refractivity contribution in [2.75, 3.05) is 20.6 Å². The summed E-state index contributed by atoms with van der Waals surface area (Å²) in [5.74, 6) is 0.538. The lowest BCUT2D eigenvalue weighted by Crippen LogP contribution is -2.20. The first-order valence-electron chi connectivity index (χ1n) is 14.3. The summed E-state index contributed by atoms with van der Waals surface area (Å²) in [5, 5.41) is 8.50. The largest absolute Gasteiger partial charge is 0.361 e. The third-order valence-electron chi connectivity index (χ3n) is 7.75. The lowest BCUT2D eigenvalue weighted by Gasteiger charge is -2.17. The van der Waals surface area contributed by atoms with E-state index in [1.54, 1.807) is 7.05 Å². The van der Waals surface area contributed by atoms with Crippen molar-refractivity contribution in [2.24, 2.45) is 0 Å². The van der Waals surface area contributed by atoms with Crippen LogP contribution in [-0.2, 0) is 4.79 Å². The summed E-state index contributed by atoms with van der Waals surface area (Å²) >= 11 is 0. The number of aromatic amines is 2. The zero-order valence-corrected chi connectivity index (χ0v) is 23.7. The minimum Gasteiger partial charge on any atom is -0.361 e. The number of para-hydroxylation sites is 2. The van der Waals surface area contributed by atoms with Crippen LogP contribution in [0.4, 0.5) is 0 Å². The summed E-state index contributed by atoms with van der Waals surface area (Å²) in [7, 11) is 3.69. The second-order valence-corrected chi connectivity index (χ2v) is 10.3. The molecule has 0 fully saturated rings. The van der Waals surface area contributed by atoms with Crippen LogP contribution in [0, 0.1) is 0 Å². The molecular weight excluding hydrogens is 504 g/mol. The number of aromatic nitrogens is 2. The lowest BCUT2D eigenvalue weighted by atomic mass is 9.88. The third kappa shape index (κ3) is 6.59. The molecular formula is C36H38N4O. The fourth-order valence-electron chi connectivity index (χ4n) is 5.62. The Kier molecular flexibility index (Phi) is 9.30. The molecule has 2 aromatic heterocycles. The third-order valence-corrected chi connectivity index (χ3v) is 7.75. The highest BCUT2D eigenvalue weighted by atomic mass is 16.1. The smallest absolute Gasteiger partial charge is 0.220 e. The number of H-pyrrole nitrogens is 2. The van der Waals surface area contributed by atoms with Gasteiger partial charge in [0.05, 0.1) is 0 Å². The predicted octanol–water partition coefficient (Wildman–Crippen LogP) is 7.35. The summed E-state index contributed by atoms with van der Waals surface area (Å²) in [6.45, 7) is 1.01. The monoisotopic (exact) mass is 542 g/mol. The molecule has 0 saturated carbocycles. The van der Waals surface area contributed by atoms with E-state index in [-0.39, 0.29) is 11.8 Å². The maximum Gasteiger partial charge on any atom is 0.220 e. The molecule has 2 atom stereocenters. The Morgan fingerprint density at radius 2 is 1.10 bits per heavy atom. The molecule has 208 valence electrons. The highest BCUT2D eigenvalue weighted by molar-refractivity contribution is 5.86. The number of fused-ring (bicyclic) bond motifs is 2. The van der Waals surface area contributed by atoms with Gasteiger partial charge in [0.15, 0.2) is 0 Å². The van der Waals surface area contributed by atoms with E-state index in [9.17, 15) is 4.79 Å². The molecule has 6 aromatic rings. The van der Waals surface area contributed by atoms with E-state index in [1.807, 2.05) is 43.6 Å². The molecule has 2 heterocycles. The van der Waals surface area contributed by atoms with Crippen LogP contribution in [0.2, 0.25) is 0 Å². The molecule has 4 N–H and O–H groups in total. The zero-order valence-electron chi connectivity index (χ0n) is 23.7. The second kappa shape index (κ2) is 13.6. The number of hydrogen-bond acceptors (Lipinski definition) is 2. The number of amides is 1. The van der Waals surface area contributed by atoms with Gasteiger partial charge in [-0.3, -0.25) is 4.79 Å². The van der Waals surface area contributed by atoms with Crippen LogP contribution >= 0.6 is 0 Å². The number of carbonyl (C=O) groups excluding carboxylic acids is 1. The Morgan fingerprint density at radius 3 is 1.61 bits per heavy atom. The highest BCUT2D eigenvalue weighted by Crippen LogP contribution is 2.34. The summed E-state index contributed by atoms with van der Waals surface area (Å²) in [6.07, 6.45) is 5.73. The Morgan fingerprint density at radius 1 is 0.634 bits per heavy atom. The van der Waals surface area contributed by atoms with Gasteiger partial charge in [0, 0.05) is 59.5 Å². The first kappa shape index (κ1) is 27.9. The zero-order chi connectivity index (χ0) is 28.4. The molecule has 0 bridgehead atoms. The van der Waals surface area contributed by atoms with Crippen LogP contribution in [0.15, 0.2) is 122 Å². The van der Waals surface area contributed by atoms with Gasteiger partial charge in [-0.25, -0.2) is 0 Å². The van der Waals surface area contributed by atoms with Gasteiger partial charge in [-0.15, -0.1) is 0 Å². The Balaban J connectivity index is 0.000000165. The predicted molar refractivity (Wildman–Crippen MR) is 170 cm³/mol. The van der Waals surface area contributed by atoms with Gasteiger partial charge in [-0.2, -0.15) is 0 Å². The van der Waals surface area contributed by atoms with Crippen LogP contribution in [0.3, 0.4) is 0 Å². The number of rotatable bonds is 9. The maximum atomic E-state index is 11.9. The highest BCUT2D eigenvalue weighted by Gasteiger charge is 2.21. The molecule has 0 saturated heterocycles. The fourth-order valence-corrected chi connectivity index (χ4v) is 5.62. The van der Waals surface area contributed by atoms with Crippen molar-refractivity contribution in [1.29, 1.82) is 0 Å². The molecule has 2 unspecified atom stereocenters. The quantitative estimate of drug-likeness (QED) is 0.154. The van der Waals surface area contributed by atoms with Crippen LogP contribution in [0.1, 0.15) is 46.9 Å². The molecule has 4 aromatic carbocycles. The summed E-state index contributed by atoms with van der Waals surface area (Å²) < 4.78 is 0. The average molecular weight is 543 g/mol. The van der Waals surface area contributed by atoms with Crippen molar-refractivity contribution >= 4 is 27.7 Å². The molecule has 41 heavy (non-hydrogen) atoms. The molecule has 6 rings (SSSR count). The maximum absolute atomic E-state index is 11.9. The van der Waals surface area contributed by atoms with E-state index in [1.165, 1.54) is 33.0 Å². The Hall–Kier alpha value is -4.61. The van der Waals surface area contributed by atoms with Gasteiger partial charge in [0.25, 0.3) is 0 Å². The van der Waals surface area contributed by atoms with E-state index in [4.69, 9.17) is 0 Å². The molecule has 5 nitrogen and oxygen atoms in total. The van der Waals surface area contributed by atoms with Gasteiger partial charge in [0.1, 0.15) is 0 Å². The van der Waals surface area contributed by atoms with E-state index < -0.39 is 0 Å². The van der Waals surface area contributed by atoms with Crippen LogP contribution in [0.25, 0.3) is 21.8 Å². The van der Waals surface area contributed by atoms with Crippen LogP contribution in [0.5, 0.6) is 0 Å². The SMILES string of the molecule is CNC(=O)CC(c1ccccc1)c1c[nH]c2ccccc12.CNCCC(c1ccccc1)c1c[nH]c2ccccc12. The van der Waals surface area contributed by atoms with Gasteiger partial charge >= 0.3 is 0 Å². The molecule has 0 aliphatic rings. The van der Waals surface area contributed by atoms with Gasteiger partial charge in [-0.05, 0) is 54.4 Å². The van der Waals surface area contributed by atoms with Crippen molar-refractivity contribution in [3.63, 3.8) is 0 Å². The first-order valence-corrected chi connectivity index (χ1v) is 14.3. The normalized spacial score (nSPS) is 12.4. The first-order chi connectivity index (χ1) is 20.2. The molecule has 1 amide bonds. The van der Waals surface area contributed by atoms with Gasteiger partial charge in [0.2, 0.25) is 5.91 Å². The van der Waals surface area contributed by atoms with E-state index in [2.05, 4.69) is 106 Å². The molecule has 0 aliphatic heterocycles. The Labute approximate surface area is 242 Å². The van der Waals surface area contributed by atoms with Gasteiger partial charge in [-0.1, -0.05) is 97.1 Å². The van der Waals surface area contributed by atoms with Crippen molar-refractivity contribution < 1.29 is 4.79 Å². The van der Waals surface area contributed by atoms with Crippen molar-refractivity contribution in [2.45, 2.75) is 24.7 Å². The lowest BCUT2D eigenvalue weighted by molar-refractivity contribution is -0.120. The van der Waals surface area contributed by atoms with Crippen molar-refractivity contribution in [3.8, 4) is 0 Å². The van der Waals surface area contributed by atoms with Crippen LogP contribution < -0.4 is 10.6 Å². The van der Waals surface area contributed by atoms with Crippen molar-refractivity contribution in [3.05, 3.63) is 144 Å². The number of hydrogen-bond donors (Lipinski definition) is 4. The number of carbonyl (C=O) groups is 1. The summed E-state index contributed by atoms with van der Waals surface area (Å²) in [4.78, 5) is 18.6.